The van der Waals surface area contributed by atoms with Crippen LogP contribution in [-0.2, 0) is 6.54 Å². The van der Waals surface area contributed by atoms with Crippen molar-refractivity contribution >= 4 is 32.7 Å². The molecular formula is C22H20BrN5O. The second kappa shape index (κ2) is 7.75. The van der Waals surface area contributed by atoms with Crippen molar-refractivity contribution in [2.75, 3.05) is 7.05 Å². The molecule has 0 spiro atoms. The van der Waals surface area contributed by atoms with E-state index < -0.39 is 0 Å². The monoisotopic (exact) mass is 449 g/mol. The number of hydrogen-bond donors (Lipinski definition) is 0. The molecule has 0 saturated heterocycles. The first-order chi connectivity index (χ1) is 13.9. The molecule has 0 saturated carbocycles. The predicted molar refractivity (Wildman–Crippen MR) is 116 cm³/mol. The summed E-state index contributed by atoms with van der Waals surface area (Å²) < 4.78 is 2.76. The van der Waals surface area contributed by atoms with Crippen LogP contribution in [0.3, 0.4) is 0 Å². The number of carbonyl (C=O) groups is 1. The summed E-state index contributed by atoms with van der Waals surface area (Å²) in [5.41, 5.74) is 4.05. The van der Waals surface area contributed by atoms with Crippen LogP contribution in [0, 0.1) is 13.8 Å². The van der Waals surface area contributed by atoms with Gasteiger partial charge in [0.05, 0.1) is 35.2 Å². The van der Waals surface area contributed by atoms with Crippen LogP contribution in [-0.4, -0.2) is 37.6 Å². The van der Waals surface area contributed by atoms with Crippen molar-refractivity contribution in [1.82, 2.24) is 24.6 Å². The summed E-state index contributed by atoms with van der Waals surface area (Å²) in [7, 11) is 1.76. The molecule has 146 valence electrons. The van der Waals surface area contributed by atoms with Gasteiger partial charge >= 0.3 is 0 Å². The average molecular weight is 450 g/mol. The van der Waals surface area contributed by atoms with Crippen molar-refractivity contribution in [2.24, 2.45) is 0 Å². The summed E-state index contributed by atoms with van der Waals surface area (Å²) in [6, 6.07) is 15.7. The van der Waals surface area contributed by atoms with Gasteiger partial charge in [-0.25, -0.2) is 14.6 Å². The Hall–Kier alpha value is -3.06. The van der Waals surface area contributed by atoms with E-state index in [0.717, 1.165) is 32.5 Å². The second-order valence-electron chi connectivity index (χ2n) is 6.94. The standard InChI is InChI=1S/C22H20BrN5O/c1-14-18-6-4-5-7-20(18)26-21(25-14)13-27(3)22(29)19-12-24-28(15(19)2)17-10-8-16(23)9-11-17/h4-12H,13H2,1-3H3. The van der Waals surface area contributed by atoms with Gasteiger partial charge in [-0.15, -0.1) is 0 Å². The molecule has 4 rings (SSSR count). The van der Waals surface area contributed by atoms with Crippen LogP contribution in [0.2, 0.25) is 0 Å². The Morgan fingerprint density at radius 2 is 1.79 bits per heavy atom. The normalized spacial score (nSPS) is 11.0. The molecular weight excluding hydrogens is 430 g/mol. The molecule has 4 aromatic rings. The summed E-state index contributed by atoms with van der Waals surface area (Å²) in [6.45, 7) is 4.18. The van der Waals surface area contributed by atoms with Gasteiger partial charge in [-0.3, -0.25) is 4.79 Å². The molecule has 0 bridgehead atoms. The fourth-order valence-electron chi connectivity index (χ4n) is 3.32. The van der Waals surface area contributed by atoms with Crippen LogP contribution in [0.1, 0.15) is 27.6 Å². The van der Waals surface area contributed by atoms with Crippen LogP contribution in [0.4, 0.5) is 0 Å². The van der Waals surface area contributed by atoms with E-state index in [1.807, 2.05) is 62.4 Å². The Morgan fingerprint density at radius 3 is 2.55 bits per heavy atom. The lowest BCUT2D eigenvalue weighted by molar-refractivity contribution is 0.0781. The third-order valence-electron chi connectivity index (χ3n) is 4.88. The molecule has 0 atom stereocenters. The lowest BCUT2D eigenvalue weighted by Crippen LogP contribution is -2.27. The Balaban J connectivity index is 1.58. The Kier molecular flexibility index (Phi) is 5.15. The fraction of sp³-hybridized carbons (Fsp3) is 0.182. The van der Waals surface area contributed by atoms with Gasteiger partial charge in [0.1, 0.15) is 5.82 Å². The van der Waals surface area contributed by atoms with Crippen LogP contribution >= 0.6 is 15.9 Å². The molecule has 0 radical (unpaired) electrons. The number of para-hydroxylation sites is 1. The van der Waals surface area contributed by atoms with Crippen LogP contribution in [0.25, 0.3) is 16.6 Å². The highest BCUT2D eigenvalue weighted by atomic mass is 79.9. The molecule has 2 aromatic carbocycles. The molecule has 6 nitrogen and oxygen atoms in total. The number of aryl methyl sites for hydroxylation is 1. The number of carbonyl (C=O) groups excluding carboxylic acids is 1. The van der Waals surface area contributed by atoms with E-state index in [0.29, 0.717) is 17.9 Å². The fourth-order valence-corrected chi connectivity index (χ4v) is 3.58. The lowest BCUT2D eigenvalue weighted by atomic mass is 10.2. The van der Waals surface area contributed by atoms with Crippen LogP contribution in [0.15, 0.2) is 59.2 Å². The minimum absolute atomic E-state index is 0.111. The van der Waals surface area contributed by atoms with Crippen LogP contribution in [0.5, 0.6) is 0 Å². The van der Waals surface area contributed by atoms with Crippen molar-refractivity contribution in [3.8, 4) is 5.69 Å². The maximum atomic E-state index is 13.0. The summed E-state index contributed by atoms with van der Waals surface area (Å²) in [4.78, 5) is 23.8. The van der Waals surface area contributed by atoms with Crippen molar-refractivity contribution in [1.29, 1.82) is 0 Å². The van der Waals surface area contributed by atoms with Gasteiger partial charge in [-0.2, -0.15) is 5.10 Å². The first-order valence-corrected chi connectivity index (χ1v) is 10.0. The lowest BCUT2D eigenvalue weighted by Gasteiger charge is -2.17. The molecule has 0 fully saturated rings. The van der Waals surface area contributed by atoms with Crippen molar-refractivity contribution < 1.29 is 4.79 Å². The second-order valence-corrected chi connectivity index (χ2v) is 7.85. The summed E-state index contributed by atoms with van der Waals surface area (Å²) in [6.07, 6.45) is 1.61. The van der Waals surface area contributed by atoms with E-state index in [2.05, 4.69) is 31.0 Å². The molecule has 29 heavy (non-hydrogen) atoms. The number of hydrogen-bond acceptors (Lipinski definition) is 4. The van der Waals surface area contributed by atoms with Gasteiger partial charge in [-0.05, 0) is 44.2 Å². The van der Waals surface area contributed by atoms with Gasteiger partial charge < -0.3 is 4.90 Å². The third-order valence-corrected chi connectivity index (χ3v) is 5.41. The van der Waals surface area contributed by atoms with Crippen molar-refractivity contribution in [3.05, 3.63) is 82.0 Å². The van der Waals surface area contributed by atoms with E-state index in [4.69, 9.17) is 0 Å². The molecule has 0 aliphatic rings. The maximum absolute atomic E-state index is 13.0. The van der Waals surface area contributed by atoms with Crippen LogP contribution < -0.4 is 0 Å². The smallest absolute Gasteiger partial charge is 0.257 e. The molecule has 0 aliphatic heterocycles. The highest BCUT2D eigenvalue weighted by Crippen LogP contribution is 2.19. The molecule has 7 heteroatoms. The quantitative estimate of drug-likeness (QED) is 0.461. The van der Waals surface area contributed by atoms with Gasteiger partial charge in [0, 0.05) is 22.6 Å². The molecule has 2 aromatic heterocycles. The number of halogens is 1. The van der Waals surface area contributed by atoms with E-state index in [-0.39, 0.29) is 5.91 Å². The zero-order valence-corrected chi connectivity index (χ0v) is 18.0. The first kappa shape index (κ1) is 19.3. The van der Waals surface area contributed by atoms with E-state index in [1.54, 1.807) is 22.8 Å². The van der Waals surface area contributed by atoms with Gasteiger partial charge in [0.15, 0.2) is 0 Å². The number of fused-ring (bicyclic) bond motifs is 1. The van der Waals surface area contributed by atoms with Crippen molar-refractivity contribution in [3.63, 3.8) is 0 Å². The molecule has 0 unspecified atom stereocenters. The summed E-state index contributed by atoms with van der Waals surface area (Å²) >= 11 is 3.43. The zero-order valence-electron chi connectivity index (χ0n) is 16.4. The number of amides is 1. The van der Waals surface area contributed by atoms with Crippen molar-refractivity contribution in [2.45, 2.75) is 20.4 Å². The highest BCUT2D eigenvalue weighted by Gasteiger charge is 2.20. The van der Waals surface area contributed by atoms with Gasteiger partial charge in [0.25, 0.3) is 5.91 Å². The maximum Gasteiger partial charge on any atom is 0.257 e. The summed E-state index contributed by atoms with van der Waals surface area (Å²) in [5.74, 6) is 0.510. The highest BCUT2D eigenvalue weighted by molar-refractivity contribution is 9.10. The summed E-state index contributed by atoms with van der Waals surface area (Å²) in [5, 5.41) is 5.43. The molecule has 1 amide bonds. The Morgan fingerprint density at radius 1 is 1.07 bits per heavy atom. The number of benzene rings is 2. The predicted octanol–water partition coefficient (Wildman–Crippen LogP) is 4.47. The zero-order chi connectivity index (χ0) is 20.5. The molecule has 0 N–H and O–H groups in total. The Bertz CT molecular complexity index is 1200. The minimum Gasteiger partial charge on any atom is -0.334 e. The largest absolute Gasteiger partial charge is 0.334 e. The molecule has 0 aliphatic carbocycles. The first-order valence-electron chi connectivity index (χ1n) is 9.22. The third kappa shape index (κ3) is 3.78. The van der Waals surface area contributed by atoms with E-state index in [9.17, 15) is 4.79 Å². The average Bonchev–Trinajstić information content (AvgIpc) is 3.09. The topological polar surface area (TPSA) is 63.9 Å². The van der Waals surface area contributed by atoms with E-state index >= 15 is 0 Å². The van der Waals surface area contributed by atoms with Gasteiger partial charge in [0.2, 0.25) is 0 Å². The Labute approximate surface area is 177 Å². The number of aromatic nitrogens is 4. The molecule has 2 heterocycles. The van der Waals surface area contributed by atoms with E-state index in [1.165, 1.54) is 0 Å². The SMILES string of the molecule is Cc1nc(CN(C)C(=O)c2cnn(-c3ccc(Br)cc3)c2C)nc2ccccc12. The van der Waals surface area contributed by atoms with Gasteiger partial charge in [-0.1, -0.05) is 34.1 Å². The minimum atomic E-state index is -0.111. The number of nitrogens with zero attached hydrogens (tertiary/aromatic N) is 5. The number of rotatable bonds is 4.